The molecule has 59 heavy (non-hydrogen) atoms. The third-order valence-corrected chi connectivity index (χ3v) is 8.53. The van der Waals surface area contributed by atoms with Gasteiger partial charge in [-0.2, -0.15) is 22.0 Å². The molecule has 19 heteroatoms. The van der Waals surface area contributed by atoms with E-state index in [0.717, 1.165) is 5.32 Å². The second-order valence-electron chi connectivity index (χ2n) is 14.6. The summed E-state index contributed by atoms with van der Waals surface area (Å²) in [6, 6.07) is 12.7. The Balaban J connectivity index is 1.95. The van der Waals surface area contributed by atoms with Crippen LogP contribution in [0.3, 0.4) is 0 Å². The maximum absolute atomic E-state index is 15.0. The Morgan fingerprint density at radius 1 is 0.763 bits per heavy atom. The molecule has 5 N–H and O–H groups in total. The summed E-state index contributed by atoms with van der Waals surface area (Å²) in [5, 5.41) is 11.1. The molecule has 0 saturated carbocycles. The van der Waals surface area contributed by atoms with Crippen molar-refractivity contribution in [2.75, 3.05) is 13.7 Å². The lowest BCUT2D eigenvalue weighted by molar-refractivity contribution is -0.165. The molecule has 0 bridgehead atoms. The fourth-order valence-electron chi connectivity index (χ4n) is 5.31. The number of hydrogen-bond donors (Lipinski definition) is 5. The molecule has 0 radical (unpaired) electrons. The molecular formula is C40H45ClF5N5O8. The van der Waals surface area contributed by atoms with Gasteiger partial charge < -0.3 is 36.1 Å². The van der Waals surface area contributed by atoms with E-state index < -0.39 is 83.8 Å². The van der Waals surface area contributed by atoms with Crippen LogP contribution in [-0.4, -0.2) is 78.9 Å². The van der Waals surface area contributed by atoms with Gasteiger partial charge in [0.1, 0.15) is 30.0 Å². The number of alkyl carbamates (subject to hydrolysis) is 1. The van der Waals surface area contributed by atoms with Gasteiger partial charge in [-0.3, -0.25) is 24.0 Å². The molecule has 3 aromatic rings. The quantitative estimate of drug-likeness (QED) is 0.0861. The van der Waals surface area contributed by atoms with Gasteiger partial charge in [0.05, 0.1) is 13.2 Å². The molecule has 0 aliphatic rings. The van der Waals surface area contributed by atoms with E-state index in [1.54, 1.807) is 45.0 Å². The first-order valence-electron chi connectivity index (χ1n) is 18.0. The maximum Gasteiger partial charge on any atom is 0.407 e. The van der Waals surface area contributed by atoms with E-state index in [-0.39, 0.29) is 29.1 Å². The molecule has 0 aliphatic carbocycles. The van der Waals surface area contributed by atoms with Gasteiger partial charge in [-0.15, -0.1) is 0 Å². The van der Waals surface area contributed by atoms with E-state index in [0.29, 0.717) is 16.9 Å². The zero-order valence-electron chi connectivity index (χ0n) is 32.9. The second-order valence-corrected chi connectivity index (χ2v) is 15.0. The fourth-order valence-corrected chi connectivity index (χ4v) is 5.50. The van der Waals surface area contributed by atoms with Gasteiger partial charge in [0, 0.05) is 23.6 Å². The molecule has 0 aliphatic heterocycles. The minimum atomic E-state index is -5.06. The molecule has 320 valence electrons. The Morgan fingerprint density at radius 3 is 1.92 bits per heavy atom. The van der Waals surface area contributed by atoms with Gasteiger partial charge in [0.15, 0.2) is 0 Å². The number of ether oxygens (including phenoxy) is 2. The number of carbonyl (C=O) groups excluding carboxylic acids is 6. The zero-order valence-corrected chi connectivity index (χ0v) is 33.6. The number of amides is 5. The van der Waals surface area contributed by atoms with Crippen LogP contribution in [0.25, 0.3) is 0 Å². The lowest BCUT2D eigenvalue weighted by atomic mass is 9.94. The van der Waals surface area contributed by atoms with Crippen molar-refractivity contribution in [3.63, 3.8) is 0 Å². The number of Topliss-reactive ketones (excluding diaryl/α,β-unsaturated/α-hetero) is 1. The summed E-state index contributed by atoms with van der Waals surface area (Å²) in [7, 11) is 1.36. The highest BCUT2D eigenvalue weighted by Gasteiger charge is 2.52. The normalized spacial score (nSPS) is 13.3. The smallest absolute Gasteiger partial charge is 0.407 e. The van der Waals surface area contributed by atoms with Crippen molar-refractivity contribution >= 4 is 47.1 Å². The van der Waals surface area contributed by atoms with E-state index in [2.05, 4.69) is 21.3 Å². The number of benzene rings is 3. The van der Waals surface area contributed by atoms with Crippen molar-refractivity contribution < 1.29 is 60.2 Å². The predicted octanol–water partition coefficient (Wildman–Crippen LogP) is 5.60. The van der Waals surface area contributed by atoms with Crippen LogP contribution >= 0.6 is 11.6 Å². The molecular weight excluding hydrogens is 809 g/mol. The summed E-state index contributed by atoms with van der Waals surface area (Å²) in [5.74, 6) is -13.4. The average Bonchev–Trinajstić information content (AvgIpc) is 3.15. The third-order valence-electron chi connectivity index (χ3n) is 8.30. The molecule has 5 amide bonds. The summed E-state index contributed by atoms with van der Waals surface area (Å²) in [6.45, 7) is 5.60. The van der Waals surface area contributed by atoms with Crippen LogP contribution < -0.4 is 31.3 Å². The number of methoxy groups -OCH3 is 1. The Kier molecular flexibility index (Phi) is 16.3. The molecule has 0 spiro atoms. The number of carbonyl (C=O) groups is 6. The Hall–Kier alpha value is -5.78. The summed E-state index contributed by atoms with van der Waals surface area (Å²) >= 11 is 6.08. The maximum atomic E-state index is 15.0. The van der Waals surface area contributed by atoms with Gasteiger partial charge in [-0.25, -0.2) is 4.79 Å². The van der Waals surface area contributed by atoms with Crippen molar-refractivity contribution in [2.24, 2.45) is 5.92 Å². The number of halogens is 6. The van der Waals surface area contributed by atoms with Gasteiger partial charge in [0.2, 0.25) is 17.6 Å². The number of hydrogen-bond acceptors (Lipinski definition) is 8. The first kappa shape index (κ1) is 47.6. The lowest BCUT2D eigenvalue weighted by Crippen LogP contribution is -2.58. The Labute approximate surface area is 342 Å². The van der Waals surface area contributed by atoms with Crippen molar-refractivity contribution in [2.45, 2.75) is 83.4 Å². The van der Waals surface area contributed by atoms with Crippen LogP contribution in [0.1, 0.15) is 67.7 Å². The monoisotopic (exact) mass is 853 g/mol. The molecule has 3 atom stereocenters. The number of nitrogens with one attached hydrogen (secondary N) is 5. The SMILES string of the molecule is COc1ccc(C(NC(=O)C(Cc2ccc(CNC(=O)OC(C)(C)C)cc2)NC(=O)c2cccc(Cl)c2)C(=O)NC(C(=O)C(F)(F)C(=O)NCC(F)(F)F)C(C)C)cc1. The first-order chi connectivity index (χ1) is 27.4. The molecule has 3 unspecified atom stereocenters. The van der Waals surface area contributed by atoms with E-state index in [4.69, 9.17) is 21.1 Å². The Bertz CT molecular complexity index is 1970. The van der Waals surface area contributed by atoms with E-state index in [9.17, 15) is 50.7 Å². The zero-order chi connectivity index (χ0) is 44.3. The Morgan fingerprint density at radius 2 is 1.37 bits per heavy atom. The predicted molar refractivity (Wildman–Crippen MR) is 206 cm³/mol. The largest absolute Gasteiger partial charge is 0.497 e. The van der Waals surface area contributed by atoms with Crippen LogP contribution in [0.15, 0.2) is 72.8 Å². The first-order valence-corrected chi connectivity index (χ1v) is 18.4. The highest BCUT2D eigenvalue weighted by atomic mass is 35.5. The topological polar surface area (TPSA) is 181 Å². The summed E-state index contributed by atoms with van der Waals surface area (Å²) in [4.78, 5) is 78.7. The fraction of sp³-hybridized carbons (Fsp3) is 0.400. The van der Waals surface area contributed by atoms with Crippen molar-refractivity contribution in [3.8, 4) is 5.75 Å². The van der Waals surface area contributed by atoms with Crippen LogP contribution in [0.5, 0.6) is 5.75 Å². The van der Waals surface area contributed by atoms with Crippen LogP contribution in [-0.2, 0) is 36.9 Å². The minimum Gasteiger partial charge on any atom is -0.497 e. The summed E-state index contributed by atoms with van der Waals surface area (Å²) in [5.41, 5.74) is 0.608. The number of alkyl halides is 5. The molecule has 3 aromatic carbocycles. The minimum absolute atomic E-state index is 0.0584. The van der Waals surface area contributed by atoms with Gasteiger partial charge in [-0.05, 0) is 73.7 Å². The van der Waals surface area contributed by atoms with Crippen molar-refractivity contribution in [1.29, 1.82) is 0 Å². The molecule has 0 aromatic heterocycles. The van der Waals surface area contributed by atoms with Crippen molar-refractivity contribution in [3.05, 3.63) is 100 Å². The average molecular weight is 854 g/mol. The third kappa shape index (κ3) is 14.8. The molecule has 13 nitrogen and oxygen atoms in total. The number of ketones is 1. The van der Waals surface area contributed by atoms with Gasteiger partial charge >= 0.3 is 18.2 Å². The summed E-state index contributed by atoms with van der Waals surface area (Å²) < 4.78 is 78.3. The number of rotatable bonds is 17. The van der Waals surface area contributed by atoms with Gasteiger partial charge in [0.25, 0.3) is 11.8 Å². The van der Waals surface area contributed by atoms with Crippen LogP contribution in [0, 0.1) is 5.92 Å². The van der Waals surface area contributed by atoms with E-state index in [1.807, 2.05) is 0 Å². The highest BCUT2D eigenvalue weighted by Crippen LogP contribution is 2.24. The van der Waals surface area contributed by atoms with Crippen LogP contribution in [0.2, 0.25) is 5.02 Å². The highest BCUT2D eigenvalue weighted by molar-refractivity contribution is 6.31. The van der Waals surface area contributed by atoms with E-state index >= 15 is 0 Å². The van der Waals surface area contributed by atoms with Crippen LogP contribution in [0.4, 0.5) is 26.7 Å². The second kappa shape index (κ2) is 20.3. The molecule has 0 fully saturated rings. The van der Waals surface area contributed by atoms with E-state index in [1.165, 1.54) is 69.5 Å². The van der Waals surface area contributed by atoms with Crippen molar-refractivity contribution in [1.82, 2.24) is 26.6 Å². The molecule has 0 saturated heterocycles. The summed E-state index contributed by atoms with van der Waals surface area (Å²) in [6.07, 6.45) is -5.86. The van der Waals surface area contributed by atoms with Gasteiger partial charge in [-0.1, -0.05) is 67.9 Å². The molecule has 3 rings (SSSR count). The lowest BCUT2D eigenvalue weighted by Gasteiger charge is -2.28. The molecule has 0 heterocycles. The standard InChI is InChI=1S/C40H45ClF5N5O8/c1-22(2)30(32(52)40(45,46)36(56)48-21-39(42,43)44)50-35(55)31(25-14-16-28(58-6)17-15-25)51-34(54)29(49-33(53)26-8-7-9-27(41)19-26)18-23-10-12-24(13-11-23)20-47-37(57)59-38(3,4)5/h7-17,19,22,29-31H,18,20-21H2,1-6H3,(H,47,57)(H,48,56)(H,49,53)(H,50,55)(H,51,54).